The van der Waals surface area contributed by atoms with Crippen molar-refractivity contribution in [3.8, 4) is 11.4 Å². The predicted octanol–water partition coefficient (Wildman–Crippen LogP) is 6.02. The Morgan fingerprint density at radius 2 is 1.68 bits per heavy atom. The quantitative estimate of drug-likeness (QED) is 0.337. The van der Waals surface area contributed by atoms with E-state index in [9.17, 15) is 4.79 Å². The van der Waals surface area contributed by atoms with Crippen LogP contribution in [0.25, 0.3) is 11.4 Å². The van der Waals surface area contributed by atoms with Crippen LogP contribution in [0.15, 0.2) is 93.8 Å². The minimum atomic E-state index is -0.0987. The number of halogens is 1. The summed E-state index contributed by atoms with van der Waals surface area (Å²) in [5.41, 5.74) is 1.76. The second-order valence-electron chi connectivity index (χ2n) is 6.62. The van der Waals surface area contributed by atoms with Gasteiger partial charge in [0, 0.05) is 27.4 Å². The van der Waals surface area contributed by atoms with Gasteiger partial charge in [-0.2, -0.15) is 0 Å². The van der Waals surface area contributed by atoms with Crippen LogP contribution >= 0.6 is 35.1 Å². The van der Waals surface area contributed by atoms with E-state index in [0.717, 1.165) is 26.9 Å². The van der Waals surface area contributed by atoms with Crippen molar-refractivity contribution < 1.29 is 4.79 Å². The topological polar surface area (TPSA) is 59.8 Å². The molecule has 0 unspecified atom stereocenters. The zero-order valence-electron chi connectivity index (χ0n) is 16.7. The minimum Gasteiger partial charge on any atom is -0.324 e. The summed E-state index contributed by atoms with van der Waals surface area (Å²) in [6.45, 7) is 0. The van der Waals surface area contributed by atoms with E-state index in [-0.39, 0.29) is 11.7 Å². The van der Waals surface area contributed by atoms with Crippen molar-refractivity contribution in [1.29, 1.82) is 0 Å². The molecule has 156 valence electrons. The zero-order chi connectivity index (χ0) is 21.6. The average molecular weight is 467 g/mol. The molecule has 1 amide bonds. The van der Waals surface area contributed by atoms with Crippen molar-refractivity contribution in [3.63, 3.8) is 0 Å². The summed E-state index contributed by atoms with van der Waals surface area (Å²) in [7, 11) is 1.90. The molecular formula is C23H19ClN4OS2. The van der Waals surface area contributed by atoms with E-state index in [0.29, 0.717) is 10.2 Å². The molecule has 0 atom stereocenters. The number of amides is 1. The molecule has 31 heavy (non-hydrogen) atoms. The lowest BCUT2D eigenvalue weighted by Crippen LogP contribution is -2.15. The van der Waals surface area contributed by atoms with E-state index < -0.39 is 0 Å². The number of carbonyl (C=O) groups is 1. The third-order valence-electron chi connectivity index (χ3n) is 4.40. The van der Waals surface area contributed by atoms with Crippen LogP contribution in [0.2, 0.25) is 5.02 Å². The van der Waals surface area contributed by atoms with Gasteiger partial charge in [-0.1, -0.05) is 77.6 Å². The van der Waals surface area contributed by atoms with E-state index in [2.05, 4.69) is 15.5 Å². The van der Waals surface area contributed by atoms with Crippen LogP contribution in [-0.2, 0) is 11.8 Å². The van der Waals surface area contributed by atoms with E-state index >= 15 is 0 Å². The van der Waals surface area contributed by atoms with Crippen molar-refractivity contribution >= 4 is 46.7 Å². The number of nitrogens with one attached hydrogen (secondary N) is 1. The summed E-state index contributed by atoms with van der Waals surface area (Å²) in [6.07, 6.45) is 0. The molecular weight excluding hydrogens is 448 g/mol. The fraction of sp³-hybridized carbons (Fsp3) is 0.0870. The van der Waals surface area contributed by atoms with Gasteiger partial charge in [0.1, 0.15) is 0 Å². The number of aromatic nitrogens is 3. The van der Waals surface area contributed by atoms with Crippen LogP contribution < -0.4 is 5.32 Å². The van der Waals surface area contributed by atoms with E-state index in [1.54, 1.807) is 11.8 Å². The molecule has 0 radical (unpaired) electrons. The molecule has 0 fully saturated rings. The summed E-state index contributed by atoms with van der Waals surface area (Å²) in [5.74, 6) is 0.910. The summed E-state index contributed by atoms with van der Waals surface area (Å²) in [6, 6.07) is 25.2. The van der Waals surface area contributed by atoms with Crippen molar-refractivity contribution in [2.75, 3.05) is 11.1 Å². The average Bonchev–Trinajstić information content (AvgIpc) is 3.16. The summed E-state index contributed by atoms with van der Waals surface area (Å²) >= 11 is 8.90. The van der Waals surface area contributed by atoms with Gasteiger partial charge in [-0.15, -0.1) is 10.2 Å². The highest BCUT2D eigenvalue weighted by Gasteiger charge is 2.14. The Labute approximate surface area is 194 Å². The first kappa shape index (κ1) is 21.5. The maximum absolute atomic E-state index is 12.6. The second-order valence-corrected chi connectivity index (χ2v) is 9.11. The van der Waals surface area contributed by atoms with Crippen molar-refractivity contribution in [3.05, 3.63) is 83.9 Å². The molecule has 0 saturated heterocycles. The first-order valence-corrected chi connectivity index (χ1v) is 11.7. The SMILES string of the molecule is Cn1c(SCC(=O)Nc2ccccc2Sc2ccc(Cl)cc2)nnc1-c1ccccc1. The van der Waals surface area contributed by atoms with Gasteiger partial charge in [0.05, 0.1) is 11.4 Å². The molecule has 0 saturated carbocycles. The van der Waals surface area contributed by atoms with Gasteiger partial charge in [-0.05, 0) is 36.4 Å². The largest absolute Gasteiger partial charge is 0.324 e. The summed E-state index contributed by atoms with van der Waals surface area (Å²) < 4.78 is 1.90. The number of para-hydroxylation sites is 1. The molecule has 3 aromatic carbocycles. The molecule has 4 rings (SSSR count). The maximum atomic E-state index is 12.6. The molecule has 8 heteroatoms. The van der Waals surface area contributed by atoms with E-state index in [1.807, 2.05) is 90.5 Å². The predicted molar refractivity (Wildman–Crippen MR) is 128 cm³/mol. The Balaban J connectivity index is 1.40. The minimum absolute atomic E-state index is 0.0987. The van der Waals surface area contributed by atoms with Crippen LogP contribution in [0, 0.1) is 0 Å². The molecule has 0 aliphatic carbocycles. The lowest BCUT2D eigenvalue weighted by Gasteiger charge is -2.11. The lowest BCUT2D eigenvalue weighted by molar-refractivity contribution is -0.113. The number of anilines is 1. The molecule has 1 heterocycles. The molecule has 1 aromatic heterocycles. The van der Waals surface area contributed by atoms with Gasteiger partial charge in [-0.3, -0.25) is 4.79 Å². The highest BCUT2D eigenvalue weighted by Crippen LogP contribution is 2.34. The van der Waals surface area contributed by atoms with Gasteiger partial charge in [0.25, 0.3) is 0 Å². The lowest BCUT2D eigenvalue weighted by atomic mass is 10.2. The zero-order valence-corrected chi connectivity index (χ0v) is 19.0. The molecule has 0 aliphatic rings. The Morgan fingerprint density at radius 3 is 2.45 bits per heavy atom. The van der Waals surface area contributed by atoms with Crippen LogP contribution in [0.3, 0.4) is 0 Å². The number of hydrogen-bond donors (Lipinski definition) is 1. The normalized spacial score (nSPS) is 10.8. The molecule has 0 spiro atoms. The van der Waals surface area contributed by atoms with Crippen LogP contribution in [0.1, 0.15) is 0 Å². The maximum Gasteiger partial charge on any atom is 0.234 e. The number of rotatable bonds is 7. The van der Waals surface area contributed by atoms with Gasteiger partial charge in [0.15, 0.2) is 11.0 Å². The fourth-order valence-electron chi connectivity index (χ4n) is 2.88. The standard InChI is InChI=1S/C23H19ClN4OS2/c1-28-22(16-7-3-2-4-8-16)26-27-23(28)30-15-21(29)25-19-9-5-6-10-20(19)31-18-13-11-17(24)12-14-18/h2-14H,15H2,1H3,(H,25,29). The highest BCUT2D eigenvalue weighted by atomic mass is 35.5. The Hall–Kier alpha value is -2.74. The Kier molecular flexibility index (Phi) is 6.96. The molecule has 5 nitrogen and oxygen atoms in total. The van der Waals surface area contributed by atoms with Gasteiger partial charge >= 0.3 is 0 Å². The fourth-order valence-corrected chi connectivity index (χ4v) is 4.62. The van der Waals surface area contributed by atoms with Crippen LogP contribution in [0.4, 0.5) is 5.69 Å². The van der Waals surface area contributed by atoms with Crippen LogP contribution in [0.5, 0.6) is 0 Å². The Morgan fingerprint density at radius 1 is 0.968 bits per heavy atom. The molecule has 1 N–H and O–H groups in total. The number of nitrogens with zero attached hydrogens (tertiary/aromatic N) is 3. The number of benzene rings is 3. The third-order valence-corrected chi connectivity index (χ3v) is 6.76. The van der Waals surface area contributed by atoms with Crippen molar-refractivity contribution in [1.82, 2.24) is 14.8 Å². The number of thioether (sulfide) groups is 1. The van der Waals surface area contributed by atoms with E-state index in [1.165, 1.54) is 11.8 Å². The monoisotopic (exact) mass is 466 g/mol. The number of carbonyl (C=O) groups excluding carboxylic acids is 1. The first-order chi connectivity index (χ1) is 15.1. The molecule has 4 aromatic rings. The summed E-state index contributed by atoms with van der Waals surface area (Å²) in [5, 5.41) is 12.9. The van der Waals surface area contributed by atoms with Crippen molar-refractivity contribution in [2.24, 2.45) is 7.05 Å². The van der Waals surface area contributed by atoms with Crippen molar-refractivity contribution in [2.45, 2.75) is 14.9 Å². The summed E-state index contributed by atoms with van der Waals surface area (Å²) in [4.78, 5) is 14.6. The van der Waals surface area contributed by atoms with Gasteiger partial charge in [-0.25, -0.2) is 0 Å². The van der Waals surface area contributed by atoms with Gasteiger partial charge in [0.2, 0.25) is 5.91 Å². The molecule has 0 bridgehead atoms. The second kappa shape index (κ2) is 10.0. The first-order valence-electron chi connectivity index (χ1n) is 9.50. The smallest absolute Gasteiger partial charge is 0.234 e. The Bertz CT molecular complexity index is 1180. The van der Waals surface area contributed by atoms with Crippen LogP contribution in [-0.4, -0.2) is 26.4 Å². The number of hydrogen-bond acceptors (Lipinski definition) is 5. The van der Waals surface area contributed by atoms with Gasteiger partial charge < -0.3 is 9.88 Å². The van der Waals surface area contributed by atoms with E-state index in [4.69, 9.17) is 11.6 Å². The third kappa shape index (κ3) is 5.50. The highest BCUT2D eigenvalue weighted by molar-refractivity contribution is 8.00. The molecule has 0 aliphatic heterocycles.